The number of carbonyl (C=O) groups excluding carboxylic acids is 1. The Kier molecular flexibility index (Phi) is 4.95. The molecule has 0 aromatic carbocycles. The number of carbonyl (C=O) groups is 1. The van der Waals surface area contributed by atoms with Gasteiger partial charge in [-0.05, 0) is 32.6 Å². The first-order valence-electron chi connectivity index (χ1n) is 7.20. The second-order valence-electron chi connectivity index (χ2n) is 7.52. The van der Waals surface area contributed by atoms with Gasteiger partial charge in [-0.15, -0.1) is 5.10 Å². The van der Waals surface area contributed by atoms with Crippen molar-refractivity contribution in [1.29, 1.82) is 0 Å². The lowest BCUT2D eigenvalue weighted by Crippen LogP contribution is -2.48. The fourth-order valence-electron chi connectivity index (χ4n) is 2.70. The van der Waals surface area contributed by atoms with E-state index < -0.39 is 0 Å². The van der Waals surface area contributed by atoms with Crippen molar-refractivity contribution in [3.05, 3.63) is 12.4 Å². The highest BCUT2D eigenvalue weighted by Gasteiger charge is 2.30. The summed E-state index contributed by atoms with van der Waals surface area (Å²) in [5.74, 6) is -0.0989. The van der Waals surface area contributed by atoms with Gasteiger partial charge in [-0.3, -0.25) is 4.79 Å². The van der Waals surface area contributed by atoms with Crippen LogP contribution >= 0.6 is 0 Å². The van der Waals surface area contributed by atoms with Gasteiger partial charge in [0.25, 0.3) is 0 Å². The lowest BCUT2D eigenvalue weighted by Gasteiger charge is -2.34. The van der Waals surface area contributed by atoms with Crippen LogP contribution in [0.4, 0.5) is 0 Å². The molecule has 0 bridgehead atoms. The van der Waals surface area contributed by atoms with Crippen LogP contribution in [0.5, 0.6) is 0 Å². The molecule has 0 saturated heterocycles. The van der Waals surface area contributed by atoms with Gasteiger partial charge in [0.05, 0.1) is 18.2 Å². The minimum Gasteiger partial charge on any atom is -0.351 e. The Labute approximate surface area is 122 Å². The number of rotatable bonds is 5. The molecule has 1 aromatic rings. The summed E-state index contributed by atoms with van der Waals surface area (Å²) < 4.78 is 1.72. The SMILES string of the molecule is CC(C(=O)NC(C)(C)CC(C)(C)C)C(C)n1ccnn1. The molecule has 5 nitrogen and oxygen atoms in total. The fraction of sp³-hybridized carbons (Fsp3) is 0.800. The van der Waals surface area contributed by atoms with Crippen molar-refractivity contribution in [2.45, 2.75) is 66.5 Å². The predicted molar refractivity (Wildman–Crippen MR) is 80.2 cm³/mol. The van der Waals surface area contributed by atoms with Gasteiger partial charge >= 0.3 is 0 Å². The van der Waals surface area contributed by atoms with Crippen LogP contribution in [0.1, 0.15) is 60.9 Å². The van der Waals surface area contributed by atoms with Crippen molar-refractivity contribution in [2.75, 3.05) is 0 Å². The molecule has 2 unspecified atom stereocenters. The van der Waals surface area contributed by atoms with Gasteiger partial charge in [0.2, 0.25) is 5.91 Å². The molecule has 1 aromatic heterocycles. The largest absolute Gasteiger partial charge is 0.351 e. The van der Waals surface area contributed by atoms with Crippen LogP contribution in [0.15, 0.2) is 12.4 Å². The summed E-state index contributed by atoms with van der Waals surface area (Å²) in [6.45, 7) is 14.6. The Morgan fingerprint density at radius 1 is 1.25 bits per heavy atom. The van der Waals surface area contributed by atoms with E-state index in [0.29, 0.717) is 0 Å². The molecule has 0 spiro atoms. The van der Waals surface area contributed by atoms with Gasteiger partial charge in [0.1, 0.15) is 0 Å². The van der Waals surface area contributed by atoms with Crippen molar-refractivity contribution < 1.29 is 4.79 Å². The molecule has 5 heteroatoms. The van der Waals surface area contributed by atoms with E-state index in [4.69, 9.17) is 0 Å². The second-order valence-corrected chi connectivity index (χ2v) is 7.52. The van der Waals surface area contributed by atoms with Gasteiger partial charge < -0.3 is 5.32 Å². The molecular formula is C15H28N4O. The first-order chi connectivity index (χ1) is 9.02. The number of hydrogen-bond donors (Lipinski definition) is 1. The van der Waals surface area contributed by atoms with Crippen LogP contribution in [0.2, 0.25) is 0 Å². The Balaban J connectivity index is 2.66. The van der Waals surface area contributed by atoms with E-state index >= 15 is 0 Å². The van der Waals surface area contributed by atoms with Gasteiger partial charge in [-0.25, -0.2) is 4.68 Å². The third kappa shape index (κ3) is 4.94. The average molecular weight is 280 g/mol. The molecule has 20 heavy (non-hydrogen) atoms. The van der Waals surface area contributed by atoms with Crippen LogP contribution in [0, 0.1) is 11.3 Å². The number of nitrogens with one attached hydrogen (secondary N) is 1. The highest BCUT2D eigenvalue weighted by Crippen LogP contribution is 2.27. The van der Waals surface area contributed by atoms with E-state index in [0.717, 1.165) is 6.42 Å². The lowest BCUT2D eigenvalue weighted by molar-refractivity contribution is -0.127. The van der Waals surface area contributed by atoms with Crippen LogP contribution in [-0.2, 0) is 4.79 Å². The highest BCUT2D eigenvalue weighted by molar-refractivity contribution is 5.79. The summed E-state index contributed by atoms with van der Waals surface area (Å²) >= 11 is 0. The zero-order valence-corrected chi connectivity index (χ0v) is 13.8. The van der Waals surface area contributed by atoms with Crippen molar-refractivity contribution in [3.63, 3.8) is 0 Å². The highest BCUT2D eigenvalue weighted by atomic mass is 16.2. The lowest BCUT2D eigenvalue weighted by atomic mass is 9.81. The Morgan fingerprint density at radius 2 is 1.85 bits per heavy atom. The molecule has 1 rings (SSSR count). The minimum absolute atomic E-state index is 0.0112. The minimum atomic E-state index is -0.217. The smallest absolute Gasteiger partial charge is 0.225 e. The van der Waals surface area contributed by atoms with Crippen molar-refractivity contribution >= 4 is 5.91 Å². The molecular weight excluding hydrogens is 252 g/mol. The zero-order chi connectivity index (χ0) is 15.6. The van der Waals surface area contributed by atoms with Crippen LogP contribution in [0.3, 0.4) is 0 Å². The summed E-state index contributed by atoms with van der Waals surface area (Å²) in [5.41, 5.74) is -0.0385. The van der Waals surface area contributed by atoms with Crippen molar-refractivity contribution in [1.82, 2.24) is 20.3 Å². The molecule has 0 saturated carbocycles. The molecule has 0 fully saturated rings. The van der Waals surface area contributed by atoms with E-state index in [1.165, 1.54) is 0 Å². The maximum Gasteiger partial charge on any atom is 0.225 e. The van der Waals surface area contributed by atoms with Gasteiger partial charge in [-0.1, -0.05) is 32.9 Å². The fourth-order valence-corrected chi connectivity index (χ4v) is 2.70. The summed E-state index contributed by atoms with van der Waals surface area (Å²) in [7, 11) is 0. The molecule has 1 heterocycles. The first-order valence-corrected chi connectivity index (χ1v) is 7.20. The van der Waals surface area contributed by atoms with E-state index in [1.54, 1.807) is 17.1 Å². The Bertz CT molecular complexity index is 431. The molecule has 0 aliphatic carbocycles. The first kappa shape index (κ1) is 16.7. The summed E-state index contributed by atoms with van der Waals surface area (Å²) in [5, 5.41) is 10.9. The number of aromatic nitrogens is 3. The number of nitrogens with zero attached hydrogens (tertiary/aromatic N) is 3. The third-order valence-corrected chi connectivity index (χ3v) is 3.43. The molecule has 1 N–H and O–H groups in total. The molecule has 114 valence electrons. The molecule has 0 aliphatic heterocycles. The van der Waals surface area contributed by atoms with Gasteiger partial charge in [-0.2, -0.15) is 0 Å². The van der Waals surface area contributed by atoms with Gasteiger partial charge in [0.15, 0.2) is 0 Å². The molecule has 0 aliphatic rings. The normalized spacial score (nSPS) is 15.8. The van der Waals surface area contributed by atoms with E-state index in [1.807, 2.05) is 13.8 Å². The van der Waals surface area contributed by atoms with E-state index in [9.17, 15) is 4.79 Å². The molecule has 2 atom stereocenters. The maximum atomic E-state index is 12.4. The average Bonchev–Trinajstić information content (AvgIpc) is 2.75. The quantitative estimate of drug-likeness (QED) is 0.902. The summed E-state index contributed by atoms with van der Waals surface area (Å²) in [6.07, 6.45) is 4.34. The predicted octanol–water partition coefficient (Wildman–Crippen LogP) is 2.81. The van der Waals surface area contributed by atoms with E-state index in [2.05, 4.69) is 50.2 Å². The second kappa shape index (κ2) is 5.94. The summed E-state index contributed by atoms with van der Waals surface area (Å²) in [4.78, 5) is 12.4. The Hall–Kier alpha value is -1.39. The van der Waals surface area contributed by atoms with E-state index in [-0.39, 0.29) is 28.8 Å². The molecule has 1 amide bonds. The van der Waals surface area contributed by atoms with Crippen molar-refractivity contribution in [3.8, 4) is 0 Å². The number of amides is 1. The zero-order valence-electron chi connectivity index (χ0n) is 13.8. The topological polar surface area (TPSA) is 59.8 Å². The number of hydrogen-bond acceptors (Lipinski definition) is 3. The third-order valence-electron chi connectivity index (χ3n) is 3.43. The van der Waals surface area contributed by atoms with Crippen LogP contribution in [0.25, 0.3) is 0 Å². The Morgan fingerprint density at radius 3 is 2.30 bits per heavy atom. The maximum absolute atomic E-state index is 12.4. The standard InChI is InChI=1S/C15H28N4O/c1-11(12(2)19-9-8-16-18-19)13(20)17-15(6,7)10-14(3,4)5/h8-9,11-12H,10H2,1-7H3,(H,17,20). The van der Waals surface area contributed by atoms with Crippen LogP contribution < -0.4 is 5.32 Å². The van der Waals surface area contributed by atoms with Gasteiger partial charge in [0, 0.05) is 11.7 Å². The monoisotopic (exact) mass is 280 g/mol. The molecule has 0 radical (unpaired) electrons. The van der Waals surface area contributed by atoms with Crippen molar-refractivity contribution in [2.24, 2.45) is 11.3 Å². The summed E-state index contributed by atoms with van der Waals surface area (Å²) in [6, 6.07) is -0.0112. The van der Waals surface area contributed by atoms with Crippen LogP contribution in [-0.4, -0.2) is 26.4 Å².